The molecule has 0 amide bonds. The summed E-state index contributed by atoms with van der Waals surface area (Å²) in [6, 6.07) is 0. The van der Waals surface area contributed by atoms with Gasteiger partial charge in [0.15, 0.2) is 0 Å². The minimum absolute atomic E-state index is 0.645. The molecule has 4 rings (SSSR count). The minimum Gasteiger partial charge on any atom is -0.268 e. The van der Waals surface area contributed by atoms with Gasteiger partial charge < -0.3 is 0 Å². The van der Waals surface area contributed by atoms with Crippen LogP contribution in [0, 0.1) is 6.92 Å². The number of aromatic nitrogens is 4. The summed E-state index contributed by atoms with van der Waals surface area (Å²) in [5.74, 6) is 0.833. The number of hydrogen-bond acceptors (Lipinski definition) is 9. The average molecular weight is 344 g/mol. The van der Waals surface area contributed by atoms with Crippen molar-refractivity contribution in [1.29, 1.82) is 0 Å². The van der Waals surface area contributed by atoms with Crippen LogP contribution in [0.15, 0.2) is 54.0 Å². The number of allylic oxidation sites excluding steroid dienone is 1. The maximum absolute atomic E-state index is 3.93. The van der Waals surface area contributed by atoms with Crippen LogP contribution in [0.4, 0.5) is 0 Å². The third kappa shape index (κ3) is 9.74. The van der Waals surface area contributed by atoms with Crippen LogP contribution in [-0.4, -0.2) is 51.9 Å². The number of tetrazole rings is 1. The zero-order chi connectivity index (χ0) is 18.5. The lowest BCUT2D eigenvalue weighted by Crippen LogP contribution is -1.92. The van der Waals surface area contributed by atoms with Crippen LogP contribution < -0.4 is 0 Å². The van der Waals surface area contributed by atoms with E-state index in [1.165, 1.54) is 5.57 Å². The molecule has 0 saturated heterocycles. The van der Waals surface area contributed by atoms with Crippen LogP contribution in [0.1, 0.15) is 26.6 Å². The molecule has 0 atom stereocenters. The summed E-state index contributed by atoms with van der Waals surface area (Å²) >= 11 is 0. The van der Waals surface area contributed by atoms with E-state index in [-0.39, 0.29) is 0 Å². The van der Waals surface area contributed by atoms with Crippen LogP contribution in [0.25, 0.3) is 0 Å². The average Bonchev–Trinajstić information content (AvgIpc) is 3.36. The molecule has 25 heavy (non-hydrogen) atoms. The third-order valence-corrected chi connectivity index (χ3v) is 2.89. The Balaban J connectivity index is 0.000000167. The van der Waals surface area contributed by atoms with Gasteiger partial charge in [0.1, 0.15) is 12.5 Å². The van der Waals surface area contributed by atoms with Crippen molar-refractivity contribution in [2.75, 3.05) is 19.8 Å². The standard InChI is InChI=1S/3C4H6N2.C3H6N4/c1-4-2-5-3-6-4;1-4-2-5-6-3-4;1-4-2-3-5-6-4;1-3-4-5-6-7(3)2/h3*2H,3H2,1H3;1-2H3. The topological polar surface area (TPSA) is 118 Å². The van der Waals surface area contributed by atoms with Gasteiger partial charge >= 0.3 is 0 Å². The molecule has 4 heterocycles. The molecular weight excluding hydrogens is 320 g/mol. The second kappa shape index (κ2) is 11.6. The summed E-state index contributed by atoms with van der Waals surface area (Å²) in [5.41, 5.74) is 3.32. The zero-order valence-corrected chi connectivity index (χ0v) is 15.3. The number of azo groups is 2. The molecule has 1 aromatic heterocycles. The molecule has 1 aromatic rings. The monoisotopic (exact) mass is 344 g/mol. The molecule has 0 bridgehead atoms. The molecular formula is C15H24N10. The zero-order valence-electron chi connectivity index (χ0n) is 15.3. The van der Waals surface area contributed by atoms with Crippen molar-refractivity contribution in [3.8, 4) is 0 Å². The number of hydrogen-bond donors (Lipinski definition) is 0. The van der Waals surface area contributed by atoms with Crippen molar-refractivity contribution in [2.45, 2.75) is 27.7 Å². The van der Waals surface area contributed by atoms with E-state index < -0.39 is 0 Å². The van der Waals surface area contributed by atoms with E-state index in [0.717, 1.165) is 30.3 Å². The lowest BCUT2D eigenvalue weighted by molar-refractivity contribution is 0.695. The molecule has 3 aliphatic heterocycles. The van der Waals surface area contributed by atoms with E-state index in [4.69, 9.17) is 0 Å². The lowest BCUT2D eigenvalue weighted by atomic mass is 10.4. The van der Waals surface area contributed by atoms with E-state index in [1.54, 1.807) is 24.1 Å². The summed E-state index contributed by atoms with van der Waals surface area (Å²) in [6.07, 6.45) is 5.54. The highest BCUT2D eigenvalue weighted by Crippen LogP contribution is 2.01. The van der Waals surface area contributed by atoms with Crippen molar-refractivity contribution in [3.63, 3.8) is 0 Å². The molecule has 134 valence electrons. The van der Waals surface area contributed by atoms with Gasteiger partial charge in [0.2, 0.25) is 0 Å². The predicted molar refractivity (Wildman–Crippen MR) is 97.0 cm³/mol. The molecule has 0 radical (unpaired) electrons. The molecule has 0 unspecified atom stereocenters. The Labute approximate surface area is 147 Å². The minimum atomic E-state index is 0.645. The Bertz CT molecular complexity index is 656. The van der Waals surface area contributed by atoms with E-state index in [2.05, 4.69) is 46.0 Å². The Morgan fingerprint density at radius 2 is 1.88 bits per heavy atom. The van der Waals surface area contributed by atoms with Gasteiger partial charge in [-0.3, -0.25) is 9.98 Å². The number of aryl methyl sites for hydroxylation is 2. The van der Waals surface area contributed by atoms with E-state index >= 15 is 0 Å². The second-order valence-corrected chi connectivity index (χ2v) is 5.26. The largest absolute Gasteiger partial charge is 0.268 e. The molecule has 0 spiro atoms. The summed E-state index contributed by atoms with van der Waals surface area (Å²) < 4.78 is 1.61. The van der Waals surface area contributed by atoms with E-state index in [9.17, 15) is 0 Å². The van der Waals surface area contributed by atoms with Gasteiger partial charge in [0.05, 0.1) is 24.5 Å². The summed E-state index contributed by atoms with van der Waals surface area (Å²) in [4.78, 5) is 7.77. The fourth-order valence-electron chi connectivity index (χ4n) is 1.34. The second-order valence-electron chi connectivity index (χ2n) is 5.26. The van der Waals surface area contributed by atoms with Gasteiger partial charge in [-0.25, -0.2) is 4.68 Å². The van der Waals surface area contributed by atoms with Gasteiger partial charge in [0.25, 0.3) is 0 Å². The predicted octanol–water partition coefficient (Wildman–Crippen LogP) is 2.72. The van der Waals surface area contributed by atoms with Gasteiger partial charge in [-0.1, -0.05) is 0 Å². The molecule has 10 heteroatoms. The Morgan fingerprint density at radius 1 is 1.08 bits per heavy atom. The maximum Gasteiger partial charge on any atom is 0.147 e. The smallest absolute Gasteiger partial charge is 0.147 e. The first-order valence-corrected chi connectivity index (χ1v) is 7.75. The van der Waals surface area contributed by atoms with Crippen molar-refractivity contribution < 1.29 is 0 Å². The normalized spacial score (nSPS) is 16.0. The number of nitrogens with zero attached hydrogens (tertiary/aromatic N) is 10. The Morgan fingerprint density at radius 3 is 2.04 bits per heavy atom. The molecule has 0 aliphatic carbocycles. The fraction of sp³-hybridized carbons (Fsp3) is 0.533. The maximum atomic E-state index is 3.93. The highest BCUT2D eigenvalue weighted by molar-refractivity contribution is 6.30. The number of aliphatic imine (C=N–C) groups is 2. The summed E-state index contributed by atoms with van der Waals surface area (Å²) in [7, 11) is 1.80. The van der Waals surface area contributed by atoms with E-state index in [1.807, 2.05) is 33.8 Å². The molecule has 3 aliphatic rings. The van der Waals surface area contributed by atoms with Crippen molar-refractivity contribution >= 4 is 11.9 Å². The van der Waals surface area contributed by atoms with E-state index in [0.29, 0.717) is 6.67 Å². The fourth-order valence-corrected chi connectivity index (χ4v) is 1.34. The van der Waals surface area contributed by atoms with Crippen molar-refractivity contribution in [3.05, 3.63) is 29.4 Å². The van der Waals surface area contributed by atoms with Crippen molar-refractivity contribution in [2.24, 2.45) is 37.5 Å². The molecule has 0 N–H and O–H groups in total. The first-order valence-electron chi connectivity index (χ1n) is 7.75. The molecule has 0 fully saturated rings. The van der Waals surface area contributed by atoms with Crippen LogP contribution >= 0.6 is 0 Å². The van der Waals surface area contributed by atoms with Gasteiger partial charge in [-0.15, -0.1) is 5.10 Å². The van der Waals surface area contributed by atoms with Gasteiger partial charge in [-0.2, -0.15) is 20.5 Å². The first kappa shape index (κ1) is 20.1. The first-order chi connectivity index (χ1) is 12.0. The third-order valence-electron chi connectivity index (χ3n) is 2.89. The summed E-state index contributed by atoms with van der Waals surface area (Å²) in [6.45, 7) is 9.98. The Hall–Kier alpha value is -2.91. The van der Waals surface area contributed by atoms with Crippen LogP contribution in [-0.2, 0) is 7.05 Å². The van der Waals surface area contributed by atoms with Gasteiger partial charge in [-0.05, 0) is 49.8 Å². The SMILES string of the molecule is CC1=CCN=N1.CC1=CN=NC1.CC1=NCN=C1.Cc1nnnn1C. The molecule has 10 nitrogen and oxygen atoms in total. The van der Waals surface area contributed by atoms with Crippen molar-refractivity contribution in [1.82, 2.24) is 20.2 Å². The summed E-state index contributed by atoms with van der Waals surface area (Å²) in [5, 5.41) is 25.3. The number of rotatable bonds is 0. The van der Waals surface area contributed by atoms with Crippen LogP contribution in [0.2, 0.25) is 0 Å². The highest BCUT2D eigenvalue weighted by atomic mass is 15.5. The molecule has 0 saturated carbocycles. The highest BCUT2D eigenvalue weighted by Gasteiger charge is 1.89. The van der Waals surface area contributed by atoms with Crippen LogP contribution in [0.3, 0.4) is 0 Å². The quantitative estimate of drug-likeness (QED) is 0.719. The Kier molecular flexibility index (Phi) is 9.34. The van der Waals surface area contributed by atoms with Crippen LogP contribution in [0.5, 0.6) is 0 Å². The lowest BCUT2D eigenvalue weighted by Gasteiger charge is -1.81. The molecule has 0 aromatic carbocycles. The van der Waals surface area contributed by atoms with Gasteiger partial charge in [0, 0.05) is 19.5 Å².